The van der Waals surface area contributed by atoms with Crippen LogP contribution >= 0.6 is 31.7 Å². The van der Waals surface area contributed by atoms with Crippen molar-refractivity contribution in [2.24, 2.45) is 0 Å². The van der Waals surface area contributed by atoms with Gasteiger partial charge in [0, 0.05) is 5.56 Å². The Morgan fingerprint density at radius 2 is 1.50 bits per heavy atom. The SMILES string of the molecule is OC(Cl)(Cl)c1ccccc1.[Cl][Zr]. The standard InChI is InChI=1S/C7H6Cl2O.ClH.Zr/c8-7(9,10)6-4-2-1-3-5-6;;/h1-5,10H;1H;/q;;+1/p-1. The third kappa shape index (κ3) is 4.84. The molecule has 65 valence electrons. The van der Waals surface area contributed by atoms with E-state index < -0.39 is 4.52 Å². The van der Waals surface area contributed by atoms with Gasteiger partial charge in [-0.1, -0.05) is 53.5 Å². The zero-order valence-corrected chi connectivity index (χ0v) is 10.7. The molecule has 0 amide bonds. The molecule has 0 fully saturated rings. The van der Waals surface area contributed by atoms with E-state index in [9.17, 15) is 0 Å². The minimum absolute atomic E-state index is 0.485. The molecule has 0 aliphatic carbocycles. The molecule has 0 bridgehead atoms. The molecule has 1 N–H and O–H groups in total. The summed E-state index contributed by atoms with van der Waals surface area (Å²) in [5.41, 5.74) is 0.485. The molecular weight excluding hydrogens is 298 g/mol. The van der Waals surface area contributed by atoms with E-state index in [0.29, 0.717) is 5.56 Å². The minimum atomic E-state index is -1.76. The van der Waals surface area contributed by atoms with Gasteiger partial charge in [0.1, 0.15) is 0 Å². The van der Waals surface area contributed by atoms with E-state index in [0.717, 1.165) is 23.5 Å². The quantitative estimate of drug-likeness (QED) is 0.791. The normalized spacial score (nSPS) is 9.92. The molecule has 0 heterocycles. The second-order valence-electron chi connectivity index (χ2n) is 1.91. The van der Waals surface area contributed by atoms with E-state index in [-0.39, 0.29) is 0 Å². The topological polar surface area (TPSA) is 20.2 Å². The predicted molar refractivity (Wildman–Crippen MR) is 47.9 cm³/mol. The molecular formula is C7H6Cl3OZr. The zero-order chi connectivity index (χ0) is 9.61. The Labute approximate surface area is 100 Å². The zero-order valence-electron chi connectivity index (χ0n) is 5.97. The van der Waals surface area contributed by atoms with Gasteiger partial charge in [-0.3, -0.25) is 0 Å². The second-order valence-corrected chi connectivity index (χ2v) is 3.19. The summed E-state index contributed by atoms with van der Waals surface area (Å²) in [6, 6.07) is 8.64. The van der Waals surface area contributed by atoms with Crippen LogP contribution in [0, 0.1) is 0 Å². The average Bonchev–Trinajstić information content (AvgIpc) is 2.08. The molecule has 1 aromatic rings. The molecule has 0 atom stereocenters. The van der Waals surface area contributed by atoms with Gasteiger partial charge >= 0.3 is 32.0 Å². The third-order valence-corrected chi connectivity index (χ3v) is 1.56. The van der Waals surface area contributed by atoms with Crippen molar-refractivity contribution in [3.05, 3.63) is 35.9 Å². The maximum absolute atomic E-state index is 9.02. The van der Waals surface area contributed by atoms with E-state index in [4.69, 9.17) is 36.8 Å². The van der Waals surface area contributed by atoms with E-state index in [1.165, 1.54) is 0 Å². The van der Waals surface area contributed by atoms with Crippen molar-refractivity contribution in [3.63, 3.8) is 0 Å². The molecule has 0 aliphatic heterocycles. The van der Waals surface area contributed by atoms with Crippen molar-refractivity contribution in [1.29, 1.82) is 0 Å². The summed E-state index contributed by atoms with van der Waals surface area (Å²) in [6.45, 7) is 0. The van der Waals surface area contributed by atoms with Gasteiger partial charge in [-0.15, -0.1) is 0 Å². The monoisotopic (exact) mass is 301 g/mol. The Morgan fingerprint density at radius 3 is 1.75 bits per heavy atom. The molecule has 0 unspecified atom stereocenters. The number of aliphatic hydroxyl groups is 1. The molecule has 0 aromatic heterocycles. The maximum atomic E-state index is 9.02. The molecule has 1 rings (SSSR count). The van der Waals surface area contributed by atoms with Crippen LogP contribution in [0.1, 0.15) is 5.56 Å². The predicted octanol–water partition coefficient (Wildman–Crippen LogP) is 2.95. The number of rotatable bonds is 1. The molecule has 0 saturated carbocycles. The van der Waals surface area contributed by atoms with Crippen molar-refractivity contribution in [2.45, 2.75) is 4.52 Å². The van der Waals surface area contributed by atoms with E-state index in [1.807, 2.05) is 6.07 Å². The van der Waals surface area contributed by atoms with Gasteiger partial charge in [-0.05, 0) is 0 Å². The van der Waals surface area contributed by atoms with Crippen LogP contribution in [0.5, 0.6) is 0 Å². The summed E-state index contributed by atoms with van der Waals surface area (Å²) in [7, 11) is 4.73. The fraction of sp³-hybridized carbons (Fsp3) is 0.143. The van der Waals surface area contributed by atoms with Crippen molar-refractivity contribution >= 4 is 31.7 Å². The first-order valence-electron chi connectivity index (χ1n) is 2.95. The summed E-state index contributed by atoms with van der Waals surface area (Å²) in [4.78, 5) is 0. The summed E-state index contributed by atoms with van der Waals surface area (Å²) in [6.07, 6.45) is 0. The molecule has 0 spiro atoms. The van der Waals surface area contributed by atoms with Crippen LogP contribution in [-0.2, 0) is 28.0 Å². The molecule has 0 radical (unpaired) electrons. The molecule has 1 nitrogen and oxygen atoms in total. The summed E-state index contributed by atoms with van der Waals surface area (Å²) in [5.74, 6) is 0. The van der Waals surface area contributed by atoms with E-state index in [1.54, 1.807) is 24.3 Å². The van der Waals surface area contributed by atoms with E-state index >= 15 is 0 Å². The number of hydrogen-bond acceptors (Lipinski definition) is 1. The van der Waals surface area contributed by atoms with Crippen molar-refractivity contribution in [2.75, 3.05) is 0 Å². The number of benzene rings is 1. The fourth-order valence-corrected chi connectivity index (χ4v) is 0.891. The summed E-state index contributed by atoms with van der Waals surface area (Å²) >= 11 is 11.8. The van der Waals surface area contributed by atoms with Gasteiger partial charge in [-0.2, -0.15) is 0 Å². The van der Waals surface area contributed by atoms with Gasteiger partial charge in [0.2, 0.25) is 4.52 Å². The van der Waals surface area contributed by atoms with E-state index in [2.05, 4.69) is 0 Å². The first kappa shape index (κ1) is 12.9. The van der Waals surface area contributed by atoms with Crippen LogP contribution < -0.4 is 0 Å². The van der Waals surface area contributed by atoms with Crippen LogP contribution in [0.25, 0.3) is 0 Å². The van der Waals surface area contributed by atoms with Gasteiger partial charge in [0.05, 0.1) is 0 Å². The van der Waals surface area contributed by atoms with Crippen LogP contribution in [0.2, 0.25) is 0 Å². The first-order valence-corrected chi connectivity index (χ1v) is 6.87. The van der Waals surface area contributed by atoms with Gasteiger partial charge in [0.15, 0.2) is 0 Å². The molecule has 0 saturated heterocycles. The molecule has 12 heavy (non-hydrogen) atoms. The Balaban J connectivity index is 0.000000561. The van der Waals surface area contributed by atoms with Crippen molar-refractivity contribution in [1.82, 2.24) is 0 Å². The van der Waals surface area contributed by atoms with Crippen LogP contribution in [-0.4, -0.2) is 5.11 Å². The second kappa shape index (κ2) is 6.40. The van der Waals surface area contributed by atoms with Gasteiger partial charge in [-0.25, -0.2) is 0 Å². The molecule has 0 aliphatic rings. The fourth-order valence-electron chi connectivity index (χ4n) is 0.639. The van der Waals surface area contributed by atoms with Crippen molar-refractivity contribution in [3.8, 4) is 0 Å². The number of alkyl halides is 2. The third-order valence-electron chi connectivity index (χ3n) is 1.12. The van der Waals surface area contributed by atoms with Crippen LogP contribution in [0.4, 0.5) is 0 Å². The van der Waals surface area contributed by atoms with Gasteiger partial charge < -0.3 is 5.11 Å². The Kier molecular flexibility index (Phi) is 6.89. The average molecular weight is 304 g/mol. The number of halogens is 3. The molecule has 5 heteroatoms. The first-order chi connectivity index (χ1) is 5.61. The van der Waals surface area contributed by atoms with Crippen LogP contribution in [0.15, 0.2) is 30.3 Å². The summed E-state index contributed by atoms with van der Waals surface area (Å²) < 4.78 is -1.76. The Bertz CT molecular complexity index is 210. The summed E-state index contributed by atoms with van der Waals surface area (Å²) in [5, 5.41) is 9.02. The van der Waals surface area contributed by atoms with Crippen LogP contribution in [0.3, 0.4) is 0 Å². The van der Waals surface area contributed by atoms with Gasteiger partial charge in [0.25, 0.3) is 0 Å². The Morgan fingerprint density at radius 1 is 1.08 bits per heavy atom. The van der Waals surface area contributed by atoms with Crippen molar-refractivity contribution < 1.29 is 28.6 Å². The Hall–Kier alpha value is 0.933. The molecule has 1 aromatic carbocycles. The number of hydrogen-bond donors (Lipinski definition) is 1.